The summed E-state index contributed by atoms with van der Waals surface area (Å²) in [5.74, 6) is 0. The number of nitrogens with zero attached hydrogens (tertiary/aromatic N) is 3. The largest absolute Gasteiger partial charge is 0.310 e. The van der Waals surface area contributed by atoms with Gasteiger partial charge in [0, 0.05) is 70.1 Å². The molecule has 0 spiro atoms. The van der Waals surface area contributed by atoms with E-state index in [1.165, 1.54) is 96.0 Å². The van der Waals surface area contributed by atoms with Crippen molar-refractivity contribution in [1.82, 2.24) is 0 Å². The smallest absolute Gasteiger partial charge is 0.264 e. The minimum atomic E-state index is -1.92. The Morgan fingerprint density at radius 2 is 1.08 bits per heavy atom. The van der Waals surface area contributed by atoms with Gasteiger partial charge in [-0.3, -0.25) is 0 Å². The summed E-state index contributed by atoms with van der Waals surface area (Å²) in [6, 6.07) is 74.8. The molecule has 7 heteroatoms. The topological polar surface area (TPSA) is 9.72 Å². The average molecular weight is 872 g/mol. The summed E-state index contributed by atoms with van der Waals surface area (Å²) in [4.78, 5) is 7.69. The van der Waals surface area contributed by atoms with E-state index >= 15 is 0 Å². The molecule has 0 aliphatic carbocycles. The lowest BCUT2D eigenvalue weighted by Crippen LogP contribution is -2.61. The normalized spacial score (nSPS) is 13.1. The van der Waals surface area contributed by atoms with Gasteiger partial charge in [0.15, 0.2) is 0 Å². The standard InChI is InChI=1S/C57H42BN3S2Si/c1-64(2,3)43-35-50-54-51(36-43)61(48-26-16-25-45-44-23-12-14-27-52(44)62-56(45)48)49-34-42(59(39-19-6-4-7-20-39)40-21-8-5-9-22-40)31-32-47(49)58(54)57-55(46-24-13-15-28-53(46)63-57)60(50)41-30-29-37-17-10-11-18-38(37)33-41/h4-36H,1-3H3. The molecular weight excluding hydrogens is 830 g/mol. The number of anilines is 9. The van der Waals surface area contributed by atoms with Gasteiger partial charge in [-0.15, -0.1) is 22.7 Å². The van der Waals surface area contributed by atoms with Gasteiger partial charge in [0.25, 0.3) is 6.71 Å². The van der Waals surface area contributed by atoms with Gasteiger partial charge in [0.05, 0.1) is 24.1 Å². The van der Waals surface area contributed by atoms with Gasteiger partial charge in [-0.1, -0.05) is 146 Å². The van der Waals surface area contributed by atoms with E-state index in [4.69, 9.17) is 0 Å². The molecule has 0 saturated carbocycles. The maximum Gasteiger partial charge on any atom is 0.264 e. The first-order valence-electron chi connectivity index (χ1n) is 22.1. The minimum absolute atomic E-state index is 0.0219. The first-order chi connectivity index (χ1) is 31.4. The Balaban J connectivity index is 1.16. The van der Waals surface area contributed by atoms with Crippen LogP contribution in [0.5, 0.6) is 0 Å². The van der Waals surface area contributed by atoms with Crippen LogP contribution in [0.25, 0.3) is 41.0 Å². The van der Waals surface area contributed by atoms with Crippen molar-refractivity contribution in [2.24, 2.45) is 0 Å². The molecule has 2 aliphatic heterocycles. The fraction of sp³-hybridized carbons (Fsp3) is 0.0526. The average Bonchev–Trinajstić information content (AvgIpc) is 3.91. The van der Waals surface area contributed by atoms with Crippen molar-refractivity contribution in [2.75, 3.05) is 14.7 Å². The van der Waals surface area contributed by atoms with Crippen LogP contribution in [0, 0.1) is 0 Å². The predicted molar refractivity (Wildman–Crippen MR) is 284 cm³/mol. The van der Waals surface area contributed by atoms with E-state index in [1.54, 1.807) is 0 Å². The Labute approximate surface area is 382 Å². The SMILES string of the molecule is C[Si](C)(C)c1cc2c3c(c1)N(c1cccc4c1sc1ccccc14)c1cc(N(c4ccccc4)c4ccccc4)ccc1B3c1sc3ccccc3c1N2c1ccc2ccccc2c1. The van der Waals surface area contributed by atoms with E-state index < -0.39 is 8.07 Å². The highest BCUT2D eigenvalue weighted by Gasteiger charge is 2.46. The third-order valence-electron chi connectivity index (χ3n) is 13.3. The lowest BCUT2D eigenvalue weighted by atomic mass is 9.36. The maximum absolute atomic E-state index is 2.65. The van der Waals surface area contributed by atoms with Crippen molar-refractivity contribution in [3.63, 3.8) is 0 Å². The molecule has 64 heavy (non-hydrogen) atoms. The number of para-hydroxylation sites is 2. The second-order valence-electron chi connectivity index (χ2n) is 18.1. The predicted octanol–water partition coefficient (Wildman–Crippen LogP) is 14.5. The first-order valence-corrected chi connectivity index (χ1v) is 27.3. The van der Waals surface area contributed by atoms with Gasteiger partial charge >= 0.3 is 0 Å². The highest BCUT2D eigenvalue weighted by atomic mass is 32.1. The number of thiophene rings is 2. The van der Waals surface area contributed by atoms with E-state index in [2.05, 4.69) is 235 Å². The summed E-state index contributed by atoms with van der Waals surface area (Å²) in [5.41, 5.74) is 13.6. The van der Waals surface area contributed by atoms with Crippen molar-refractivity contribution in [1.29, 1.82) is 0 Å². The van der Waals surface area contributed by atoms with Gasteiger partial charge in [0.2, 0.25) is 0 Å². The van der Waals surface area contributed by atoms with Gasteiger partial charge in [0.1, 0.15) is 0 Å². The van der Waals surface area contributed by atoms with Crippen LogP contribution in [0.2, 0.25) is 19.6 Å². The monoisotopic (exact) mass is 871 g/mol. The molecule has 0 radical (unpaired) electrons. The van der Waals surface area contributed by atoms with Crippen molar-refractivity contribution < 1.29 is 0 Å². The van der Waals surface area contributed by atoms with Gasteiger partial charge in [-0.05, 0) is 101 Å². The summed E-state index contributed by atoms with van der Waals surface area (Å²) in [7, 11) is -1.92. The van der Waals surface area contributed by atoms with E-state index in [0.29, 0.717) is 0 Å². The number of rotatable bonds is 6. The fourth-order valence-electron chi connectivity index (χ4n) is 10.3. The molecule has 0 unspecified atom stereocenters. The zero-order chi connectivity index (χ0) is 42.7. The summed E-state index contributed by atoms with van der Waals surface area (Å²) < 4.78 is 5.32. The molecule has 2 aromatic heterocycles. The van der Waals surface area contributed by atoms with E-state index in [0.717, 1.165) is 17.1 Å². The molecule has 0 bridgehead atoms. The number of benzene rings is 9. The molecule has 2 aliphatic rings. The van der Waals surface area contributed by atoms with Crippen molar-refractivity contribution in [3.8, 4) is 0 Å². The molecule has 3 nitrogen and oxygen atoms in total. The van der Waals surface area contributed by atoms with Crippen LogP contribution in [0.15, 0.2) is 200 Å². The van der Waals surface area contributed by atoms with Gasteiger partial charge in [-0.25, -0.2) is 0 Å². The van der Waals surface area contributed by atoms with E-state index in [1.807, 2.05) is 22.7 Å². The highest BCUT2D eigenvalue weighted by Crippen LogP contribution is 2.51. The third kappa shape index (κ3) is 5.71. The molecule has 0 atom stereocenters. The van der Waals surface area contributed by atoms with E-state index in [-0.39, 0.29) is 6.71 Å². The third-order valence-corrected chi connectivity index (χ3v) is 17.8. The second-order valence-corrected chi connectivity index (χ2v) is 25.3. The molecule has 4 heterocycles. The van der Waals surface area contributed by atoms with Crippen LogP contribution in [0.3, 0.4) is 0 Å². The molecule has 0 saturated heterocycles. The number of hydrogen-bond donors (Lipinski definition) is 0. The molecule has 9 aromatic carbocycles. The zero-order valence-corrected chi connectivity index (χ0v) is 38.4. The van der Waals surface area contributed by atoms with Crippen LogP contribution in [0.4, 0.5) is 51.2 Å². The lowest BCUT2D eigenvalue weighted by Gasteiger charge is -2.44. The van der Waals surface area contributed by atoms with E-state index in [9.17, 15) is 0 Å². The van der Waals surface area contributed by atoms with Crippen LogP contribution in [-0.2, 0) is 0 Å². The van der Waals surface area contributed by atoms with Crippen LogP contribution in [-0.4, -0.2) is 14.8 Å². The molecule has 13 rings (SSSR count). The molecule has 11 aromatic rings. The highest BCUT2D eigenvalue weighted by molar-refractivity contribution is 7.33. The summed E-state index contributed by atoms with van der Waals surface area (Å²) >= 11 is 3.87. The number of hydrogen-bond acceptors (Lipinski definition) is 5. The quantitative estimate of drug-likeness (QED) is 0.154. The second kappa shape index (κ2) is 14.3. The Hall–Kier alpha value is -6.90. The Morgan fingerprint density at radius 1 is 0.453 bits per heavy atom. The van der Waals surface area contributed by atoms with Gasteiger partial charge < -0.3 is 14.7 Å². The summed E-state index contributed by atoms with van der Waals surface area (Å²) in [6.45, 7) is 7.51. The Kier molecular flexibility index (Phi) is 8.42. The first kappa shape index (κ1) is 37.6. The van der Waals surface area contributed by atoms with Gasteiger partial charge in [-0.2, -0.15) is 0 Å². The molecule has 0 fully saturated rings. The van der Waals surface area contributed by atoms with Crippen LogP contribution < -0.4 is 35.6 Å². The molecule has 0 N–H and O–H groups in total. The maximum atomic E-state index is 2.65. The fourth-order valence-corrected chi connectivity index (χ4v) is 14.0. The van der Waals surface area contributed by atoms with Crippen LogP contribution >= 0.6 is 22.7 Å². The van der Waals surface area contributed by atoms with Crippen molar-refractivity contribution >= 4 is 151 Å². The number of fused-ring (bicyclic) bond motifs is 10. The summed E-state index contributed by atoms with van der Waals surface area (Å²) in [6.07, 6.45) is 0. The molecular formula is C57H42BN3S2Si. The van der Waals surface area contributed by atoms with Crippen LogP contribution in [0.1, 0.15) is 0 Å². The summed E-state index contributed by atoms with van der Waals surface area (Å²) in [5, 5.41) is 7.85. The molecule has 0 amide bonds. The lowest BCUT2D eigenvalue weighted by molar-refractivity contribution is 1.25. The Morgan fingerprint density at radius 3 is 1.81 bits per heavy atom. The minimum Gasteiger partial charge on any atom is -0.310 e. The van der Waals surface area contributed by atoms with Crippen molar-refractivity contribution in [3.05, 3.63) is 200 Å². The van der Waals surface area contributed by atoms with Crippen molar-refractivity contribution in [2.45, 2.75) is 19.6 Å². The zero-order valence-electron chi connectivity index (χ0n) is 35.8. The Bertz CT molecular complexity index is 3610. The molecule has 304 valence electrons.